The molecule has 0 atom stereocenters. The summed E-state index contributed by atoms with van der Waals surface area (Å²) in [6, 6.07) is 15.3. The number of aryl methyl sites for hydroxylation is 1. The fourth-order valence-corrected chi connectivity index (χ4v) is 3.75. The fourth-order valence-electron chi connectivity index (χ4n) is 2.44. The van der Waals surface area contributed by atoms with E-state index in [1.54, 1.807) is 7.11 Å². The number of rotatable bonds is 5. The number of carbonyl (C=O) groups is 1. The largest absolute Gasteiger partial charge is 0.497 e. The van der Waals surface area contributed by atoms with Crippen LogP contribution in [0.5, 0.6) is 5.75 Å². The predicted molar refractivity (Wildman–Crippen MR) is 107 cm³/mol. The van der Waals surface area contributed by atoms with Gasteiger partial charge in [0.25, 0.3) is 0 Å². The molecule has 1 amide bonds. The first-order valence-corrected chi connectivity index (χ1v) is 9.47. The molecule has 1 N–H and O–H groups in total. The van der Waals surface area contributed by atoms with Crippen molar-refractivity contribution in [3.63, 3.8) is 0 Å². The Labute approximate surface area is 159 Å². The number of amides is 1. The van der Waals surface area contributed by atoms with Crippen LogP contribution in [-0.2, 0) is 4.79 Å². The van der Waals surface area contributed by atoms with E-state index < -0.39 is 0 Å². The predicted octanol–water partition coefficient (Wildman–Crippen LogP) is 5.05. The molecule has 0 spiro atoms. The molecule has 3 aromatic rings. The van der Waals surface area contributed by atoms with Crippen LogP contribution < -0.4 is 10.1 Å². The van der Waals surface area contributed by atoms with E-state index in [1.807, 2.05) is 55.5 Å². The Hall–Kier alpha value is -2.05. The normalized spacial score (nSPS) is 10.7. The van der Waals surface area contributed by atoms with Crippen molar-refractivity contribution in [1.82, 2.24) is 4.98 Å². The second-order valence-electron chi connectivity index (χ2n) is 5.46. The molecule has 0 saturated carbocycles. The number of halogens is 1. The maximum atomic E-state index is 12.3. The molecule has 3 rings (SSSR count). The summed E-state index contributed by atoms with van der Waals surface area (Å²) in [5.74, 6) is 1.04. The number of benzene rings is 2. The molecule has 128 valence electrons. The first kappa shape index (κ1) is 17.8. The summed E-state index contributed by atoms with van der Waals surface area (Å²) in [6.45, 7) is 1.95. The Morgan fingerprint density at radius 2 is 2.04 bits per heavy atom. The molecular formula is C19H17BrN2O2S. The van der Waals surface area contributed by atoms with Crippen molar-refractivity contribution in [2.45, 2.75) is 11.8 Å². The van der Waals surface area contributed by atoms with E-state index in [0.29, 0.717) is 5.75 Å². The summed E-state index contributed by atoms with van der Waals surface area (Å²) >= 11 is 4.93. The zero-order valence-corrected chi connectivity index (χ0v) is 16.3. The minimum atomic E-state index is -0.0533. The van der Waals surface area contributed by atoms with Crippen LogP contribution in [-0.4, -0.2) is 23.8 Å². The van der Waals surface area contributed by atoms with Gasteiger partial charge in [0.15, 0.2) is 0 Å². The van der Waals surface area contributed by atoms with Gasteiger partial charge in [-0.25, -0.2) is 0 Å². The van der Waals surface area contributed by atoms with E-state index in [-0.39, 0.29) is 5.91 Å². The first-order valence-electron chi connectivity index (χ1n) is 7.69. The molecule has 0 aliphatic carbocycles. The smallest absolute Gasteiger partial charge is 0.234 e. The first-order chi connectivity index (χ1) is 12.1. The number of nitrogens with zero attached hydrogens (tertiary/aromatic N) is 1. The van der Waals surface area contributed by atoms with Crippen LogP contribution >= 0.6 is 27.7 Å². The van der Waals surface area contributed by atoms with E-state index >= 15 is 0 Å². The summed E-state index contributed by atoms with van der Waals surface area (Å²) < 4.78 is 6.17. The number of pyridine rings is 1. The Kier molecular flexibility index (Phi) is 5.60. The number of hydrogen-bond acceptors (Lipinski definition) is 4. The van der Waals surface area contributed by atoms with Crippen molar-refractivity contribution in [2.75, 3.05) is 18.2 Å². The van der Waals surface area contributed by atoms with Gasteiger partial charge in [0.2, 0.25) is 5.91 Å². The van der Waals surface area contributed by atoms with Gasteiger partial charge in [0.05, 0.1) is 24.1 Å². The average Bonchev–Trinajstić information content (AvgIpc) is 2.61. The maximum Gasteiger partial charge on any atom is 0.234 e. The van der Waals surface area contributed by atoms with Crippen LogP contribution in [0.3, 0.4) is 0 Å². The van der Waals surface area contributed by atoms with Crippen LogP contribution in [0.15, 0.2) is 57.9 Å². The quantitative estimate of drug-likeness (QED) is 0.591. The van der Waals surface area contributed by atoms with Gasteiger partial charge < -0.3 is 10.1 Å². The molecule has 0 aliphatic heterocycles. The van der Waals surface area contributed by atoms with Crippen LogP contribution in [0.1, 0.15) is 5.69 Å². The number of aromatic nitrogens is 1. The molecule has 1 heterocycles. The Morgan fingerprint density at radius 1 is 1.24 bits per heavy atom. The van der Waals surface area contributed by atoms with E-state index in [1.165, 1.54) is 11.8 Å². The molecule has 4 nitrogen and oxygen atoms in total. The molecule has 0 saturated heterocycles. The number of carbonyl (C=O) groups excluding carboxylic acids is 1. The lowest BCUT2D eigenvalue weighted by atomic mass is 10.2. The van der Waals surface area contributed by atoms with Crippen molar-refractivity contribution >= 4 is 50.2 Å². The van der Waals surface area contributed by atoms with Crippen molar-refractivity contribution < 1.29 is 9.53 Å². The molecule has 1 aromatic heterocycles. The lowest BCUT2D eigenvalue weighted by Gasteiger charge is -2.10. The van der Waals surface area contributed by atoms with Gasteiger partial charge in [0.1, 0.15) is 5.75 Å². The molecule has 2 aromatic carbocycles. The Bertz CT molecular complexity index is 930. The molecule has 0 fully saturated rings. The monoisotopic (exact) mass is 416 g/mol. The molecule has 0 aliphatic rings. The number of nitrogens with one attached hydrogen (secondary N) is 1. The summed E-state index contributed by atoms with van der Waals surface area (Å²) in [6.07, 6.45) is 0. The highest BCUT2D eigenvalue weighted by Gasteiger charge is 2.10. The van der Waals surface area contributed by atoms with E-state index in [4.69, 9.17) is 4.74 Å². The molecular weight excluding hydrogens is 400 g/mol. The average molecular weight is 417 g/mol. The van der Waals surface area contributed by atoms with Gasteiger partial charge in [0, 0.05) is 20.4 Å². The third-order valence-electron chi connectivity index (χ3n) is 3.61. The second-order valence-corrected chi connectivity index (χ2v) is 7.33. The minimum Gasteiger partial charge on any atom is -0.497 e. The summed E-state index contributed by atoms with van der Waals surface area (Å²) in [4.78, 5) is 17.8. The van der Waals surface area contributed by atoms with Crippen molar-refractivity contribution in [3.05, 3.63) is 58.7 Å². The van der Waals surface area contributed by atoms with Gasteiger partial charge in [-0.3, -0.25) is 9.78 Å². The number of fused-ring (bicyclic) bond motifs is 1. The number of para-hydroxylation sites is 1. The Morgan fingerprint density at radius 3 is 2.80 bits per heavy atom. The highest BCUT2D eigenvalue weighted by molar-refractivity contribution is 9.10. The lowest BCUT2D eigenvalue weighted by Crippen LogP contribution is -2.14. The molecule has 25 heavy (non-hydrogen) atoms. The van der Waals surface area contributed by atoms with Crippen LogP contribution in [0.25, 0.3) is 10.9 Å². The molecule has 0 unspecified atom stereocenters. The Balaban J connectivity index is 1.78. The summed E-state index contributed by atoms with van der Waals surface area (Å²) in [7, 11) is 1.64. The maximum absolute atomic E-state index is 12.3. The molecule has 6 heteroatoms. The minimum absolute atomic E-state index is 0.0533. The van der Waals surface area contributed by atoms with Crippen molar-refractivity contribution in [3.8, 4) is 5.75 Å². The lowest BCUT2D eigenvalue weighted by molar-refractivity contribution is -0.113. The van der Waals surface area contributed by atoms with Gasteiger partial charge in [-0.1, -0.05) is 12.1 Å². The fraction of sp³-hybridized carbons (Fsp3) is 0.158. The van der Waals surface area contributed by atoms with Gasteiger partial charge in [-0.2, -0.15) is 0 Å². The van der Waals surface area contributed by atoms with E-state index in [2.05, 4.69) is 26.2 Å². The molecule has 0 radical (unpaired) electrons. The number of anilines is 1. The van der Waals surface area contributed by atoms with Gasteiger partial charge >= 0.3 is 0 Å². The number of hydrogen-bond donors (Lipinski definition) is 1. The highest BCUT2D eigenvalue weighted by Crippen LogP contribution is 2.31. The van der Waals surface area contributed by atoms with Crippen molar-refractivity contribution in [2.24, 2.45) is 0 Å². The SMILES string of the molecule is COc1ccc2nc(C)cc(SCC(=O)Nc3ccccc3Br)c2c1. The second kappa shape index (κ2) is 7.89. The number of methoxy groups -OCH3 is 1. The topological polar surface area (TPSA) is 51.2 Å². The summed E-state index contributed by atoms with van der Waals surface area (Å²) in [5, 5.41) is 3.91. The van der Waals surface area contributed by atoms with Crippen LogP contribution in [0.4, 0.5) is 5.69 Å². The van der Waals surface area contributed by atoms with Gasteiger partial charge in [-0.15, -0.1) is 11.8 Å². The number of ether oxygens (including phenoxy) is 1. The highest BCUT2D eigenvalue weighted by atomic mass is 79.9. The molecule has 0 bridgehead atoms. The standard InChI is InChI=1S/C19H17BrN2O2S/c1-12-9-18(14-10-13(24-2)7-8-16(14)21-12)25-11-19(23)22-17-6-4-3-5-15(17)20/h3-10H,11H2,1-2H3,(H,22,23). The number of thioether (sulfide) groups is 1. The third kappa shape index (κ3) is 4.32. The summed E-state index contributed by atoms with van der Waals surface area (Å²) in [5.41, 5.74) is 2.59. The van der Waals surface area contributed by atoms with E-state index in [9.17, 15) is 4.79 Å². The van der Waals surface area contributed by atoms with Crippen molar-refractivity contribution in [1.29, 1.82) is 0 Å². The van der Waals surface area contributed by atoms with Crippen LogP contribution in [0.2, 0.25) is 0 Å². The van der Waals surface area contributed by atoms with Gasteiger partial charge in [-0.05, 0) is 59.3 Å². The third-order valence-corrected chi connectivity index (χ3v) is 5.36. The van der Waals surface area contributed by atoms with E-state index in [0.717, 1.165) is 37.4 Å². The van der Waals surface area contributed by atoms with Crippen LogP contribution in [0, 0.1) is 6.92 Å². The zero-order chi connectivity index (χ0) is 17.8. The zero-order valence-electron chi connectivity index (χ0n) is 13.9.